The second-order valence-corrected chi connectivity index (χ2v) is 12.5. The summed E-state index contributed by atoms with van der Waals surface area (Å²) in [6.07, 6.45) is -18.1. The molecule has 0 bridgehead atoms. The number of phenols is 2. The van der Waals surface area contributed by atoms with E-state index in [1.165, 1.54) is 44.2 Å². The summed E-state index contributed by atoms with van der Waals surface area (Å²) >= 11 is 0. The van der Waals surface area contributed by atoms with Gasteiger partial charge in [0, 0.05) is 17.7 Å². The number of hydrogen-bond donors (Lipinski definition) is 10. The molecule has 4 heterocycles. The fourth-order valence-electron chi connectivity index (χ4n) is 5.95. The SMILES string of the molecule is C[C@@H]1O[C@@H](Oc2cc(O)c3c(=O)c(O[C@@H]4O[C@@H](C)[C@H](O[C@@H]5OC[C@@](O)(CO)[C@@H]5O)[C@H](O)[C@@H]4O)c(-c4ccc(O)cc4)oc3c2)[C@@H](O)[C@H](O)[C@H]1O. The maximum absolute atomic E-state index is 14.0. The Kier molecular flexibility index (Phi) is 10.0. The van der Waals surface area contributed by atoms with E-state index in [1.54, 1.807) is 0 Å². The van der Waals surface area contributed by atoms with E-state index in [9.17, 15) is 55.9 Å². The zero-order chi connectivity index (χ0) is 36.2. The number of phenolic OH excluding ortho intramolecular Hbond substituents is 2. The van der Waals surface area contributed by atoms with Gasteiger partial charge in [-0.25, -0.2) is 0 Å². The monoisotopic (exact) mass is 710 g/mol. The zero-order valence-electron chi connectivity index (χ0n) is 26.5. The molecule has 3 aliphatic rings. The van der Waals surface area contributed by atoms with Crippen LogP contribution in [-0.4, -0.2) is 144 Å². The molecule has 3 aromatic rings. The van der Waals surface area contributed by atoms with Crippen molar-refractivity contribution < 1.29 is 83.9 Å². The van der Waals surface area contributed by atoms with Crippen LogP contribution in [0.4, 0.5) is 0 Å². The molecule has 50 heavy (non-hydrogen) atoms. The Balaban J connectivity index is 1.31. The van der Waals surface area contributed by atoms with Crippen LogP contribution in [0, 0.1) is 0 Å². The molecular weight excluding hydrogens is 672 g/mol. The van der Waals surface area contributed by atoms with Crippen LogP contribution in [0.3, 0.4) is 0 Å². The standard InChI is InChI=1S/C32H38O18/c1-11-19(36)21(38)23(40)29(45-11)47-15-7-16(35)18-17(8-15)48-26(13-3-5-14(34)6-4-13)27(20(18)37)50-30-24(41)22(39)25(12(2)46-30)49-31-28(42)32(43,9-33)10-44-31/h3-8,11-12,19,21-25,28-31,33-36,38-43H,9-10H2,1-2H3/t11-,12-,19-,21+,22+,23-,24-,25-,28+,29-,30-,31-,32-/m0/s1. The molecule has 3 fully saturated rings. The Morgan fingerprint density at radius 1 is 0.820 bits per heavy atom. The number of aliphatic hydroxyl groups is 8. The van der Waals surface area contributed by atoms with Gasteiger partial charge in [0.1, 0.15) is 76.5 Å². The molecule has 2 aromatic carbocycles. The van der Waals surface area contributed by atoms with Gasteiger partial charge in [0.05, 0.1) is 25.4 Å². The molecule has 3 aliphatic heterocycles. The van der Waals surface area contributed by atoms with Gasteiger partial charge < -0.3 is 83.9 Å². The Morgan fingerprint density at radius 3 is 2.12 bits per heavy atom. The third-order valence-electron chi connectivity index (χ3n) is 8.98. The number of aromatic hydroxyl groups is 2. The molecule has 0 radical (unpaired) electrons. The van der Waals surface area contributed by atoms with Crippen molar-refractivity contribution in [2.45, 2.75) is 93.3 Å². The first-order valence-corrected chi connectivity index (χ1v) is 15.6. The molecule has 0 unspecified atom stereocenters. The lowest BCUT2D eigenvalue weighted by atomic mass is 9.98. The highest BCUT2D eigenvalue weighted by Crippen LogP contribution is 2.39. The van der Waals surface area contributed by atoms with Crippen molar-refractivity contribution in [1.29, 1.82) is 0 Å². The molecule has 10 N–H and O–H groups in total. The van der Waals surface area contributed by atoms with Crippen molar-refractivity contribution >= 4 is 11.0 Å². The number of hydrogen-bond acceptors (Lipinski definition) is 18. The van der Waals surface area contributed by atoms with Gasteiger partial charge in [0.2, 0.25) is 23.8 Å². The summed E-state index contributed by atoms with van der Waals surface area (Å²) in [5, 5.41) is 103. The Bertz CT molecular complexity index is 1730. The maximum Gasteiger partial charge on any atom is 0.239 e. The third kappa shape index (κ3) is 6.49. The van der Waals surface area contributed by atoms with E-state index in [1.807, 2.05) is 0 Å². The second kappa shape index (κ2) is 13.8. The van der Waals surface area contributed by atoms with Gasteiger partial charge in [-0.05, 0) is 38.1 Å². The molecule has 18 nitrogen and oxygen atoms in total. The summed E-state index contributed by atoms with van der Waals surface area (Å²) in [7, 11) is 0. The maximum atomic E-state index is 14.0. The van der Waals surface area contributed by atoms with Crippen molar-refractivity contribution in [3.8, 4) is 34.3 Å². The predicted molar refractivity (Wildman–Crippen MR) is 164 cm³/mol. The lowest BCUT2D eigenvalue weighted by molar-refractivity contribution is -0.306. The van der Waals surface area contributed by atoms with Crippen LogP contribution < -0.4 is 14.9 Å². The highest BCUT2D eigenvalue weighted by atomic mass is 16.7. The molecule has 3 saturated heterocycles. The highest BCUT2D eigenvalue weighted by Gasteiger charge is 2.53. The zero-order valence-corrected chi connectivity index (χ0v) is 26.5. The average molecular weight is 711 g/mol. The van der Waals surface area contributed by atoms with Crippen molar-refractivity contribution in [3.63, 3.8) is 0 Å². The van der Waals surface area contributed by atoms with Gasteiger partial charge >= 0.3 is 0 Å². The van der Waals surface area contributed by atoms with Crippen LogP contribution >= 0.6 is 0 Å². The third-order valence-corrected chi connectivity index (χ3v) is 8.98. The minimum atomic E-state index is -2.01. The van der Waals surface area contributed by atoms with Gasteiger partial charge in [-0.2, -0.15) is 0 Å². The lowest BCUT2D eigenvalue weighted by Crippen LogP contribution is -2.60. The molecule has 13 atom stereocenters. The van der Waals surface area contributed by atoms with Gasteiger partial charge in [0.15, 0.2) is 12.1 Å². The fourth-order valence-corrected chi connectivity index (χ4v) is 5.95. The molecule has 0 amide bonds. The molecule has 6 rings (SSSR count). The van der Waals surface area contributed by atoms with Crippen LogP contribution in [0.25, 0.3) is 22.3 Å². The molecule has 274 valence electrons. The first kappa shape index (κ1) is 36.2. The van der Waals surface area contributed by atoms with E-state index < -0.39 is 115 Å². The summed E-state index contributed by atoms with van der Waals surface area (Å²) in [5.41, 5.74) is -3.03. The van der Waals surface area contributed by atoms with Gasteiger partial charge in [-0.15, -0.1) is 0 Å². The van der Waals surface area contributed by atoms with Gasteiger partial charge in [-0.3, -0.25) is 4.79 Å². The molecule has 0 saturated carbocycles. The smallest absolute Gasteiger partial charge is 0.239 e. The molecular formula is C32H38O18. The van der Waals surface area contributed by atoms with Crippen LogP contribution in [0.1, 0.15) is 13.8 Å². The molecule has 1 aromatic heterocycles. The van der Waals surface area contributed by atoms with Crippen molar-refractivity contribution in [1.82, 2.24) is 0 Å². The van der Waals surface area contributed by atoms with Gasteiger partial charge in [-0.1, -0.05) is 0 Å². The molecule has 18 heteroatoms. The Morgan fingerprint density at radius 2 is 1.46 bits per heavy atom. The number of benzene rings is 2. The number of rotatable bonds is 8. The summed E-state index contributed by atoms with van der Waals surface area (Å²) in [5.74, 6) is -1.79. The van der Waals surface area contributed by atoms with E-state index in [0.29, 0.717) is 0 Å². The average Bonchev–Trinajstić information content (AvgIpc) is 3.37. The summed E-state index contributed by atoms with van der Waals surface area (Å²) in [6, 6.07) is 7.55. The van der Waals surface area contributed by atoms with E-state index in [4.69, 9.17) is 32.8 Å². The van der Waals surface area contributed by atoms with E-state index in [0.717, 1.165) is 6.07 Å². The van der Waals surface area contributed by atoms with E-state index in [-0.39, 0.29) is 28.4 Å². The minimum absolute atomic E-state index is 0.122. The largest absolute Gasteiger partial charge is 0.508 e. The van der Waals surface area contributed by atoms with Crippen LogP contribution in [0.2, 0.25) is 0 Å². The summed E-state index contributed by atoms with van der Waals surface area (Å²) in [4.78, 5) is 14.0. The van der Waals surface area contributed by atoms with E-state index in [2.05, 4.69) is 0 Å². The Labute approximate surface area is 282 Å². The first-order valence-electron chi connectivity index (χ1n) is 15.6. The fraction of sp³-hybridized carbons (Fsp3) is 0.531. The van der Waals surface area contributed by atoms with E-state index >= 15 is 0 Å². The normalized spacial score (nSPS) is 37.6. The highest BCUT2D eigenvalue weighted by molar-refractivity contribution is 5.88. The summed E-state index contributed by atoms with van der Waals surface area (Å²) in [6.45, 7) is 1.58. The van der Waals surface area contributed by atoms with Crippen LogP contribution in [0.15, 0.2) is 45.6 Å². The van der Waals surface area contributed by atoms with Crippen molar-refractivity contribution in [3.05, 3.63) is 46.6 Å². The lowest BCUT2D eigenvalue weighted by Gasteiger charge is -2.42. The van der Waals surface area contributed by atoms with Crippen LogP contribution in [-0.2, 0) is 18.9 Å². The van der Waals surface area contributed by atoms with Crippen LogP contribution in [0.5, 0.6) is 23.0 Å². The van der Waals surface area contributed by atoms with Crippen molar-refractivity contribution in [2.75, 3.05) is 13.2 Å². The first-order chi connectivity index (χ1) is 23.6. The number of ether oxygens (including phenoxy) is 6. The van der Waals surface area contributed by atoms with Gasteiger partial charge in [0.25, 0.3) is 0 Å². The predicted octanol–water partition coefficient (Wildman–Crippen LogP) is -2.25. The second-order valence-electron chi connectivity index (χ2n) is 12.5. The molecule has 0 aliphatic carbocycles. The van der Waals surface area contributed by atoms with Crippen molar-refractivity contribution in [2.24, 2.45) is 0 Å². The number of fused-ring (bicyclic) bond motifs is 1. The quantitative estimate of drug-likeness (QED) is 0.118. The summed E-state index contributed by atoms with van der Waals surface area (Å²) < 4.78 is 39.6. The minimum Gasteiger partial charge on any atom is -0.508 e. The topological polar surface area (TPSA) is 288 Å². The number of aliphatic hydroxyl groups excluding tert-OH is 7. The Hall–Kier alpha value is -3.63. The molecule has 0 spiro atoms.